The molecule has 3 heteroatoms. The second-order valence-corrected chi connectivity index (χ2v) is 3.03. The third kappa shape index (κ3) is 2.60. The predicted octanol–water partition coefficient (Wildman–Crippen LogP) is 1.77. The van der Waals surface area contributed by atoms with Gasteiger partial charge in [0.1, 0.15) is 4.60 Å². The summed E-state index contributed by atoms with van der Waals surface area (Å²) in [6, 6.07) is 3.91. The number of aromatic nitrogens is 1. The lowest BCUT2D eigenvalue weighted by Crippen LogP contribution is -1.91. The molecule has 1 aromatic heterocycles. The lowest BCUT2D eigenvalue weighted by Gasteiger charge is -1.99. The van der Waals surface area contributed by atoms with Crippen LogP contribution in [0.1, 0.15) is 12.0 Å². The second kappa shape index (κ2) is 4.46. The van der Waals surface area contributed by atoms with E-state index in [0.717, 1.165) is 23.0 Å². The molecule has 60 valence electrons. The molecule has 0 aliphatic rings. The zero-order valence-corrected chi connectivity index (χ0v) is 7.71. The average Bonchev–Trinajstić information content (AvgIpc) is 2.03. The number of aliphatic hydroxyl groups excluding tert-OH is 1. The molecule has 1 N–H and O–H groups in total. The monoisotopic (exact) mass is 215 g/mol. The van der Waals surface area contributed by atoms with E-state index in [4.69, 9.17) is 5.11 Å². The van der Waals surface area contributed by atoms with E-state index in [1.165, 1.54) is 0 Å². The van der Waals surface area contributed by atoms with Gasteiger partial charge >= 0.3 is 0 Å². The van der Waals surface area contributed by atoms with E-state index in [1.807, 2.05) is 12.1 Å². The van der Waals surface area contributed by atoms with Gasteiger partial charge in [0, 0.05) is 12.8 Å². The summed E-state index contributed by atoms with van der Waals surface area (Å²) in [7, 11) is 0. The zero-order chi connectivity index (χ0) is 8.10. The minimum Gasteiger partial charge on any atom is -0.396 e. The highest BCUT2D eigenvalue weighted by Crippen LogP contribution is 2.13. The first kappa shape index (κ1) is 8.68. The molecule has 1 aromatic rings. The molecule has 0 atom stereocenters. The van der Waals surface area contributed by atoms with Crippen molar-refractivity contribution < 1.29 is 5.11 Å². The molecule has 2 nitrogen and oxygen atoms in total. The van der Waals surface area contributed by atoms with Crippen LogP contribution in [0.5, 0.6) is 0 Å². The lowest BCUT2D eigenvalue weighted by molar-refractivity contribution is 0.288. The van der Waals surface area contributed by atoms with Crippen molar-refractivity contribution in [2.45, 2.75) is 12.8 Å². The Morgan fingerprint density at radius 2 is 2.36 bits per heavy atom. The molecule has 0 saturated carbocycles. The van der Waals surface area contributed by atoms with Crippen molar-refractivity contribution in [3.05, 3.63) is 28.5 Å². The van der Waals surface area contributed by atoms with Crippen LogP contribution in [0.25, 0.3) is 0 Å². The van der Waals surface area contributed by atoms with Gasteiger partial charge in [-0.3, -0.25) is 0 Å². The fourth-order valence-corrected chi connectivity index (χ4v) is 1.32. The highest BCUT2D eigenvalue weighted by Gasteiger charge is 1.97. The summed E-state index contributed by atoms with van der Waals surface area (Å²) >= 11 is 3.33. The number of rotatable bonds is 3. The Morgan fingerprint density at radius 3 is 3.00 bits per heavy atom. The Hall–Kier alpha value is -0.410. The number of aryl methyl sites for hydroxylation is 1. The molecular weight excluding hydrogens is 206 g/mol. The number of hydrogen-bond donors (Lipinski definition) is 1. The van der Waals surface area contributed by atoms with Gasteiger partial charge in [0.25, 0.3) is 0 Å². The van der Waals surface area contributed by atoms with Crippen LogP contribution in [-0.2, 0) is 6.42 Å². The Bertz CT molecular complexity index is 227. The summed E-state index contributed by atoms with van der Waals surface area (Å²) in [5.41, 5.74) is 1.15. The van der Waals surface area contributed by atoms with Crippen molar-refractivity contribution >= 4 is 15.9 Å². The molecular formula is C8H10BrNO. The van der Waals surface area contributed by atoms with Crippen molar-refractivity contribution in [1.82, 2.24) is 4.98 Å². The van der Waals surface area contributed by atoms with Gasteiger partial charge in [0.15, 0.2) is 0 Å². The Labute approximate surface area is 74.4 Å². The third-order valence-corrected chi connectivity index (χ3v) is 2.15. The van der Waals surface area contributed by atoms with Gasteiger partial charge in [-0.15, -0.1) is 0 Å². The van der Waals surface area contributed by atoms with Gasteiger partial charge in [-0.05, 0) is 40.4 Å². The van der Waals surface area contributed by atoms with Gasteiger partial charge in [-0.25, -0.2) is 4.98 Å². The SMILES string of the molecule is OCCCc1cccnc1Br. The molecule has 0 aliphatic carbocycles. The van der Waals surface area contributed by atoms with Gasteiger partial charge in [-0.2, -0.15) is 0 Å². The second-order valence-electron chi connectivity index (χ2n) is 2.28. The maximum absolute atomic E-state index is 8.58. The fourth-order valence-electron chi connectivity index (χ4n) is 0.875. The summed E-state index contributed by atoms with van der Waals surface area (Å²) < 4.78 is 0.883. The maximum Gasteiger partial charge on any atom is 0.109 e. The van der Waals surface area contributed by atoms with E-state index in [0.29, 0.717) is 0 Å². The molecule has 0 unspecified atom stereocenters. The van der Waals surface area contributed by atoms with Gasteiger partial charge in [0.2, 0.25) is 0 Å². The zero-order valence-electron chi connectivity index (χ0n) is 6.13. The first-order valence-corrected chi connectivity index (χ1v) is 4.34. The molecule has 0 aliphatic heterocycles. The highest BCUT2D eigenvalue weighted by molar-refractivity contribution is 9.10. The number of nitrogens with zero attached hydrogens (tertiary/aromatic N) is 1. The van der Waals surface area contributed by atoms with Gasteiger partial charge in [0.05, 0.1) is 0 Å². The standard InChI is InChI=1S/C8H10BrNO/c9-8-7(4-2-6-11)3-1-5-10-8/h1,3,5,11H,2,4,6H2. The smallest absolute Gasteiger partial charge is 0.109 e. The largest absolute Gasteiger partial charge is 0.396 e. The molecule has 0 saturated heterocycles. The van der Waals surface area contributed by atoms with Gasteiger partial charge in [-0.1, -0.05) is 6.07 Å². The van der Waals surface area contributed by atoms with Crippen molar-refractivity contribution in [2.24, 2.45) is 0 Å². The predicted molar refractivity (Wildman–Crippen MR) is 47.3 cm³/mol. The highest BCUT2D eigenvalue weighted by atomic mass is 79.9. The topological polar surface area (TPSA) is 33.1 Å². The van der Waals surface area contributed by atoms with Crippen LogP contribution in [-0.4, -0.2) is 16.7 Å². The first-order chi connectivity index (χ1) is 5.34. The molecule has 11 heavy (non-hydrogen) atoms. The summed E-state index contributed by atoms with van der Waals surface area (Å²) in [6.45, 7) is 0.237. The normalized spacial score (nSPS) is 10.0. The van der Waals surface area contributed by atoms with E-state index < -0.39 is 0 Å². The minimum absolute atomic E-state index is 0.237. The Morgan fingerprint density at radius 1 is 1.55 bits per heavy atom. The quantitative estimate of drug-likeness (QED) is 0.781. The van der Waals surface area contributed by atoms with Crippen molar-refractivity contribution in [3.63, 3.8) is 0 Å². The summed E-state index contributed by atoms with van der Waals surface area (Å²) in [6.07, 6.45) is 3.42. The van der Waals surface area contributed by atoms with E-state index in [1.54, 1.807) is 6.20 Å². The molecule has 0 amide bonds. The van der Waals surface area contributed by atoms with E-state index in [2.05, 4.69) is 20.9 Å². The minimum atomic E-state index is 0.237. The van der Waals surface area contributed by atoms with Crippen LogP contribution >= 0.6 is 15.9 Å². The summed E-state index contributed by atoms with van der Waals surface area (Å²) in [4.78, 5) is 4.07. The Kier molecular flexibility index (Phi) is 3.52. The van der Waals surface area contributed by atoms with Crippen molar-refractivity contribution in [2.75, 3.05) is 6.61 Å². The van der Waals surface area contributed by atoms with Gasteiger partial charge < -0.3 is 5.11 Å². The molecule has 0 bridgehead atoms. The number of hydrogen-bond acceptors (Lipinski definition) is 2. The van der Waals surface area contributed by atoms with Crippen molar-refractivity contribution in [1.29, 1.82) is 0 Å². The summed E-state index contributed by atoms with van der Waals surface area (Å²) in [5.74, 6) is 0. The van der Waals surface area contributed by atoms with Crippen LogP contribution in [0.2, 0.25) is 0 Å². The third-order valence-electron chi connectivity index (χ3n) is 1.44. The number of aliphatic hydroxyl groups is 1. The first-order valence-electron chi connectivity index (χ1n) is 3.55. The van der Waals surface area contributed by atoms with Crippen LogP contribution < -0.4 is 0 Å². The van der Waals surface area contributed by atoms with Crippen LogP contribution in [0.15, 0.2) is 22.9 Å². The van der Waals surface area contributed by atoms with E-state index in [-0.39, 0.29) is 6.61 Å². The molecule has 1 rings (SSSR count). The van der Waals surface area contributed by atoms with Crippen LogP contribution in [0.3, 0.4) is 0 Å². The van der Waals surface area contributed by atoms with E-state index >= 15 is 0 Å². The molecule has 0 radical (unpaired) electrons. The lowest BCUT2D eigenvalue weighted by atomic mass is 10.2. The maximum atomic E-state index is 8.58. The van der Waals surface area contributed by atoms with E-state index in [9.17, 15) is 0 Å². The van der Waals surface area contributed by atoms with Crippen molar-refractivity contribution in [3.8, 4) is 0 Å². The van der Waals surface area contributed by atoms with Crippen LogP contribution in [0, 0.1) is 0 Å². The Balaban J connectivity index is 2.62. The average molecular weight is 216 g/mol. The summed E-state index contributed by atoms with van der Waals surface area (Å²) in [5, 5.41) is 8.58. The molecule has 1 heterocycles. The number of halogens is 1. The van der Waals surface area contributed by atoms with Crippen LogP contribution in [0.4, 0.5) is 0 Å². The molecule has 0 spiro atoms. The fraction of sp³-hybridized carbons (Fsp3) is 0.375. The molecule has 0 aromatic carbocycles. The number of pyridine rings is 1. The molecule has 0 fully saturated rings.